The van der Waals surface area contributed by atoms with E-state index < -0.39 is 0 Å². The van der Waals surface area contributed by atoms with E-state index in [0.29, 0.717) is 5.56 Å². The predicted octanol–water partition coefficient (Wildman–Crippen LogP) is 3.32. The predicted molar refractivity (Wildman–Crippen MR) is 58.9 cm³/mol. The number of aryl methyl sites for hydroxylation is 1. The molecule has 15 heavy (non-hydrogen) atoms. The molecule has 1 heterocycles. The molecule has 0 atom stereocenters. The van der Waals surface area contributed by atoms with E-state index >= 15 is 0 Å². The van der Waals surface area contributed by atoms with Crippen molar-refractivity contribution in [3.63, 3.8) is 0 Å². The van der Waals surface area contributed by atoms with Crippen LogP contribution in [0.4, 0.5) is 0 Å². The minimum Gasteiger partial charge on any atom is -0.464 e. The normalized spacial score (nSPS) is 10.2. The van der Waals surface area contributed by atoms with Crippen LogP contribution in [0.15, 0.2) is 41.0 Å². The van der Waals surface area contributed by atoms with Crippen LogP contribution in [0.1, 0.15) is 22.8 Å². The molecule has 76 valence electrons. The summed E-state index contributed by atoms with van der Waals surface area (Å²) in [6, 6.07) is 9.44. The van der Waals surface area contributed by atoms with E-state index in [2.05, 4.69) is 6.92 Å². The Balaban J connectivity index is 2.52. The summed E-state index contributed by atoms with van der Waals surface area (Å²) in [5.74, 6) is 0.851. The first-order chi connectivity index (χ1) is 7.35. The second-order valence-electron chi connectivity index (χ2n) is 3.37. The Morgan fingerprint density at radius 3 is 2.80 bits per heavy atom. The first-order valence-electron chi connectivity index (χ1n) is 4.97. The van der Waals surface area contributed by atoms with E-state index in [4.69, 9.17) is 4.42 Å². The van der Waals surface area contributed by atoms with Crippen LogP contribution in [-0.2, 0) is 6.42 Å². The van der Waals surface area contributed by atoms with Crippen molar-refractivity contribution in [2.24, 2.45) is 0 Å². The number of carbonyl (C=O) groups excluding carboxylic acids is 1. The topological polar surface area (TPSA) is 30.2 Å². The van der Waals surface area contributed by atoms with Crippen molar-refractivity contribution < 1.29 is 9.21 Å². The van der Waals surface area contributed by atoms with Gasteiger partial charge in [-0.3, -0.25) is 4.79 Å². The highest BCUT2D eigenvalue weighted by molar-refractivity contribution is 5.77. The van der Waals surface area contributed by atoms with E-state index in [-0.39, 0.29) is 0 Å². The highest BCUT2D eigenvalue weighted by Gasteiger charge is 2.06. The van der Waals surface area contributed by atoms with Gasteiger partial charge in [-0.25, -0.2) is 0 Å². The van der Waals surface area contributed by atoms with Crippen molar-refractivity contribution in [2.75, 3.05) is 0 Å². The maximum atomic E-state index is 10.6. The van der Waals surface area contributed by atoms with E-state index in [1.165, 1.54) is 0 Å². The smallest absolute Gasteiger partial charge is 0.150 e. The third-order valence-electron chi connectivity index (χ3n) is 2.43. The minimum atomic E-state index is 0.710. The quantitative estimate of drug-likeness (QED) is 0.711. The van der Waals surface area contributed by atoms with E-state index in [9.17, 15) is 4.79 Å². The minimum absolute atomic E-state index is 0.710. The highest BCUT2D eigenvalue weighted by Crippen LogP contribution is 2.25. The average molecular weight is 200 g/mol. The lowest BCUT2D eigenvalue weighted by Gasteiger charge is -2.05. The lowest BCUT2D eigenvalue weighted by molar-refractivity contribution is 0.112. The fourth-order valence-corrected chi connectivity index (χ4v) is 1.65. The Labute approximate surface area is 88.5 Å². The molecule has 0 unspecified atom stereocenters. The van der Waals surface area contributed by atoms with Gasteiger partial charge in [-0.1, -0.05) is 19.1 Å². The molecule has 0 saturated heterocycles. The third kappa shape index (κ3) is 1.84. The fourth-order valence-electron chi connectivity index (χ4n) is 1.65. The largest absolute Gasteiger partial charge is 0.464 e. The van der Waals surface area contributed by atoms with Gasteiger partial charge >= 0.3 is 0 Å². The molecule has 0 aliphatic carbocycles. The Kier molecular flexibility index (Phi) is 2.68. The van der Waals surface area contributed by atoms with Crippen molar-refractivity contribution in [1.82, 2.24) is 0 Å². The van der Waals surface area contributed by atoms with Crippen LogP contribution in [0.3, 0.4) is 0 Å². The SMILES string of the molecule is CCc1cc(C=O)ccc1-c1ccco1. The molecule has 2 aromatic rings. The van der Waals surface area contributed by atoms with Gasteiger partial charge in [0.2, 0.25) is 0 Å². The van der Waals surface area contributed by atoms with Crippen LogP contribution >= 0.6 is 0 Å². The van der Waals surface area contributed by atoms with Crippen molar-refractivity contribution in [1.29, 1.82) is 0 Å². The van der Waals surface area contributed by atoms with Crippen molar-refractivity contribution >= 4 is 6.29 Å². The molecule has 1 aromatic heterocycles. The van der Waals surface area contributed by atoms with Gasteiger partial charge in [-0.2, -0.15) is 0 Å². The summed E-state index contributed by atoms with van der Waals surface area (Å²) < 4.78 is 5.35. The van der Waals surface area contributed by atoms with Gasteiger partial charge in [0.05, 0.1) is 6.26 Å². The maximum Gasteiger partial charge on any atom is 0.150 e. The fraction of sp³-hybridized carbons (Fsp3) is 0.154. The Morgan fingerprint density at radius 1 is 1.33 bits per heavy atom. The molecule has 2 heteroatoms. The van der Waals surface area contributed by atoms with Crippen molar-refractivity contribution in [2.45, 2.75) is 13.3 Å². The number of hydrogen-bond acceptors (Lipinski definition) is 2. The van der Waals surface area contributed by atoms with Crippen molar-refractivity contribution in [3.8, 4) is 11.3 Å². The average Bonchev–Trinajstić information content (AvgIpc) is 2.81. The summed E-state index contributed by atoms with van der Waals surface area (Å²) in [6.45, 7) is 2.07. The lowest BCUT2D eigenvalue weighted by atomic mass is 10.0. The van der Waals surface area contributed by atoms with Gasteiger partial charge in [0, 0.05) is 11.1 Å². The molecule has 0 N–H and O–H groups in total. The maximum absolute atomic E-state index is 10.6. The molecule has 0 radical (unpaired) electrons. The summed E-state index contributed by atoms with van der Waals surface area (Å²) in [6.07, 6.45) is 3.41. The van der Waals surface area contributed by atoms with Crippen LogP contribution in [0.2, 0.25) is 0 Å². The Hall–Kier alpha value is -1.83. The molecule has 0 amide bonds. The van der Waals surface area contributed by atoms with Gasteiger partial charge in [0.15, 0.2) is 0 Å². The van der Waals surface area contributed by atoms with E-state index in [1.807, 2.05) is 30.3 Å². The van der Waals surface area contributed by atoms with E-state index in [0.717, 1.165) is 29.6 Å². The third-order valence-corrected chi connectivity index (χ3v) is 2.43. The molecule has 0 aliphatic rings. The van der Waals surface area contributed by atoms with Crippen molar-refractivity contribution in [3.05, 3.63) is 47.7 Å². The monoisotopic (exact) mass is 200 g/mol. The second kappa shape index (κ2) is 4.13. The zero-order chi connectivity index (χ0) is 10.7. The Morgan fingerprint density at radius 2 is 2.20 bits per heavy atom. The van der Waals surface area contributed by atoms with E-state index in [1.54, 1.807) is 6.26 Å². The number of benzene rings is 1. The molecular weight excluding hydrogens is 188 g/mol. The van der Waals surface area contributed by atoms with Gasteiger partial charge < -0.3 is 4.42 Å². The number of hydrogen-bond donors (Lipinski definition) is 0. The zero-order valence-electron chi connectivity index (χ0n) is 8.57. The molecule has 0 aliphatic heterocycles. The van der Waals surface area contributed by atoms with Crippen LogP contribution in [0.5, 0.6) is 0 Å². The van der Waals surface area contributed by atoms with Gasteiger partial charge in [0.25, 0.3) is 0 Å². The summed E-state index contributed by atoms with van der Waals surface area (Å²) in [4.78, 5) is 10.6. The number of carbonyl (C=O) groups is 1. The van der Waals surface area contributed by atoms with Crippen LogP contribution in [-0.4, -0.2) is 6.29 Å². The first kappa shape index (κ1) is 9.71. The molecule has 0 spiro atoms. The number of aldehydes is 1. The molecule has 2 nitrogen and oxygen atoms in total. The second-order valence-corrected chi connectivity index (χ2v) is 3.37. The summed E-state index contributed by atoms with van der Waals surface area (Å²) >= 11 is 0. The standard InChI is InChI=1S/C13H12O2/c1-2-11-8-10(9-14)5-6-12(11)13-4-3-7-15-13/h3-9H,2H2,1H3. The summed E-state index contributed by atoms with van der Waals surface area (Å²) in [5.41, 5.74) is 2.91. The number of rotatable bonds is 3. The summed E-state index contributed by atoms with van der Waals surface area (Å²) in [7, 11) is 0. The number of furan rings is 1. The van der Waals surface area contributed by atoms with Gasteiger partial charge in [-0.05, 0) is 30.2 Å². The van der Waals surface area contributed by atoms with Crippen LogP contribution in [0.25, 0.3) is 11.3 Å². The lowest BCUT2D eigenvalue weighted by Crippen LogP contribution is -1.89. The van der Waals surface area contributed by atoms with Crippen LogP contribution < -0.4 is 0 Å². The molecule has 1 aromatic carbocycles. The molecule has 0 saturated carbocycles. The molecule has 2 rings (SSSR count). The van der Waals surface area contributed by atoms with Gasteiger partial charge in [0.1, 0.15) is 12.0 Å². The van der Waals surface area contributed by atoms with Gasteiger partial charge in [-0.15, -0.1) is 0 Å². The molecule has 0 bridgehead atoms. The zero-order valence-corrected chi connectivity index (χ0v) is 8.57. The first-order valence-corrected chi connectivity index (χ1v) is 4.97. The Bertz CT molecular complexity index is 455. The van der Waals surface area contributed by atoms with Crippen LogP contribution in [0, 0.1) is 0 Å². The molecule has 0 fully saturated rings. The summed E-state index contributed by atoms with van der Waals surface area (Å²) in [5, 5.41) is 0. The molecular formula is C13H12O2. The highest BCUT2D eigenvalue weighted by atomic mass is 16.3.